The van der Waals surface area contributed by atoms with E-state index in [-0.39, 0.29) is 37.0 Å². The van der Waals surface area contributed by atoms with Gasteiger partial charge in [-0.3, -0.25) is 4.79 Å². The maximum atomic E-state index is 13.4. The van der Waals surface area contributed by atoms with Crippen LogP contribution in [-0.2, 0) is 34.7 Å². The molecule has 1 unspecified atom stereocenters. The molecule has 0 saturated carbocycles. The molecule has 3 aromatic rings. The van der Waals surface area contributed by atoms with Crippen molar-refractivity contribution in [2.24, 2.45) is 5.73 Å². The van der Waals surface area contributed by atoms with Crippen LogP contribution >= 0.6 is 12.4 Å². The number of aromatic nitrogens is 2. The number of esters is 1. The van der Waals surface area contributed by atoms with Crippen molar-refractivity contribution in [2.75, 3.05) is 0 Å². The molecule has 2 aliphatic heterocycles. The van der Waals surface area contributed by atoms with Crippen molar-refractivity contribution in [3.63, 3.8) is 0 Å². The number of nitrogens with zero attached hydrogens (tertiary/aromatic N) is 3. The van der Waals surface area contributed by atoms with E-state index >= 15 is 0 Å². The van der Waals surface area contributed by atoms with Gasteiger partial charge in [-0.1, -0.05) is 13.0 Å². The zero-order valence-corrected chi connectivity index (χ0v) is 18.7. The summed E-state index contributed by atoms with van der Waals surface area (Å²) in [6, 6.07) is 5.10. The second-order valence-electron chi connectivity index (χ2n) is 8.67. The van der Waals surface area contributed by atoms with Gasteiger partial charge in [-0.15, -0.1) is 12.4 Å². The molecule has 3 aliphatic rings. The van der Waals surface area contributed by atoms with Crippen molar-refractivity contribution >= 4 is 35.0 Å². The summed E-state index contributed by atoms with van der Waals surface area (Å²) in [5.74, 6) is -0.741. The topological polar surface area (TPSA) is 112 Å². The Labute approximate surface area is 195 Å². The zero-order chi connectivity index (χ0) is 22.4. The van der Waals surface area contributed by atoms with Crippen molar-refractivity contribution in [3.8, 4) is 11.4 Å². The van der Waals surface area contributed by atoms with E-state index in [1.807, 2.05) is 6.07 Å². The predicted octanol–water partition coefficient (Wildman–Crippen LogP) is 3.00. The Balaban J connectivity index is 0.00000228. The summed E-state index contributed by atoms with van der Waals surface area (Å²) in [5.41, 5.74) is 10.3. The lowest BCUT2D eigenvalue weighted by atomic mass is 9.83. The molecule has 2 atom stereocenters. The van der Waals surface area contributed by atoms with Gasteiger partial charge < -0.3 is 20.1 Å². The van der Waals surface area contributed by atoms with E-state index in [2.05, 4.69) is 4.85 Å². The first kappa shape index (κ1) is 21.6. The van der Waals surface area contributed by atoms with Gasteiger partial charge in [-0.25, -0.2) is 14.6 Å². The van der Waals surface area contributed by atoms with Crippen LogP contribution < -0.4 is 11.3 Å². The van der Waals surface area contributed by atoms with E-state index in [1.165, 1.54) is 0 Å². The average molecular weight is 465 g/mol. The van der Waals surface area contributed by atoms with Gasteiger partial charge in [-0.2, -0.15) is 0 Å². The minimum atomic E-state index is -1.86. The number of hydrogen-bond acceptors (Lipinski definition) is 6. The average Bonchev–Trinajstić information content (AvgIpc) is 3.17. The molecule has 4 heterocycles. The molecule has 168 valence electrons. The van der Waals surface area contributed by atoms with Crippen LogP contribution in [0.3, 0.4) is 0 Å². The molecular formula is C24H21ClN4O4. The van der Waals surface area contributed by atoms with Crippen molar-refractivity contribution in [3.05, 3.63) is 67.8 Å². The lowest BCUT2D eigenvalue weighted by Crippen LogP contribution is -2.44. The quantitative estimate of drug-likeness (QED) is 0.331. The van der Waals surface area contributed by atoms with Crippen LogP contribution in [-0.4, -0.2) is 20.6 Å². The summed E-state index contributed by atoms with van der Waals surface area (Å²) in [7, 11) is 0. The molecule has 0 bridgehead atoms. The van der Waals surface area contributed by atoms with Crippen LogP contribution in [0.2, 0.25) is 0 Å². The van der Waals surface area contributed by atoms with Crippen molar-refractivity contribution in [2.45, 2.75) is 51.0 Å². The summed E-state index contributed by atoms with van der Waals surface area (Å²) in [5, 5.41) is 12.0. The number of ether oxygens (including phenoxy) is 1. The van der Waals surface area contributed by atoms with Crippen molar-refractivity contribution in [1.82, 2.24) is 9.55 Å². The lowest BCUT2D eigenvalue weighted by molar-refractivity contribution is -0.172. The third kappa shape index (κ3) is 2.61. The standard InChI is InChI=1S/C24H20N4O4.ClH/c1-3-24(31)14-8-18-21-12(9-28(18)22(29)13(14)10-32-23(24)30)19-15(25)5-4-11-16(26-2)6-7-17(27-21)20(11)19;/h6-8,15,31H,3-5,9-10,25H2,1H3;1H/t15?,24-;/m0./s1. The van der Waals surface area contributed by atoms with Crippen LogP contribution in [0.1, 0.15) is 53.6 Å². The number of aryl methyl sites for hydroxylation is 1. The summed E-state index contributed by atoms with van der Waals surface area (Å²) in [6.07, 6.45) is 1.53. The Morgan fingerprint density at radius 2 is 2.12 bits per heavy atom. The molecule has 33 heavy (non-hydrogen) atoms. The van der Waals surface area contributed by atoms with E-state index in [4.69, 9.17) is 22.0 Å². The van der Waals surface area contributed by atoms with E-state index in [0.717, 1.165) is 27.6 Å². The number of carbonyl (C=O) groups excluding carboxylic acids is 1. The fraction of sp³-hybridized carbons (Fsp3) is 0.333. The van der Waals surface area contributed by atoms with E-state index in [1.54, 1.807) is 23.6 Å². The fourth-order valence-electron chi connectivity index (χ4n) is 5.48. The summed E-state index contributed by atoms with van der Waals surface area (Å²) in [4.78, 5) is 34.3. The molecule has 2 aromatic heterocycles. The summed E-state index contributed by atoms with van der Waals surface area (Å²) >= 11 is 0. The Hall–Kier alpha value is -3.25. The minimum Gasteiger partial charge on any atom is -0.458 e. The van der Waals surface area contributed by atoms with Crippen LogP contribution in [0.15, 0.2) is 23.0 Å². The van der Waals surface area contributed by atoms with Crippen LogP contribution in [0.5, 0.6) is 0 Å². The number of hydrogen-bond donors (Lipinski definition) is 2. The number of carbonyl (C=O) groups is 1. The third-order valence-electron chi connectivity index (χ3n) is 7.18. The molecule has 3 N–H and O–H groups in total. The molecule has 9 heteroatoms. The second kappa shape index (κ2) is 7.12. The number of rotatable bonds is 1. The van der Waals surface area contributed by atoms with Gasteiger partial charge >= 0.3 is 5.97 Å². The van der Waals surface area contributed by atoms with Gasteiger partial charge in [0.25, 0.3) is 5.56 Å². The number of aliphatic hydroxyl groups is 1. The number of nitrogens with two attached hydrogens (primary N) is 1. The normalized spacial score (nSPS) is 22.0. The molecule has 0 radical (unpaired) electrons. The van der Waals surface area contributed by atoms with Gasteiger partial charge in [0, 0.05) is 17.2 Å². The molecule has 0 fully saturated rings. The Bertz CT molecular complexity index is 1490. The van der Waals surface area contributed by atoms with Gasteiger partial charge in [0.2, 0.25) is 0 Å². The fourth-order valence-corrected chi connectivity index (χ4v) is 5.48. The largest absolute Gasteiger partial charge is 0.458 e. The van der Waals surface area contributed by atoms with Gasteiger partial charge in [0.05, 0.1) is 35.6 Å². The molecule has 8 nitrogen and oxygen atoms in total. The minimum absolute atomic E-state index is 0. The number of benzene rings is 1. The smallest absolute Gasteiger partial charge is 0.343 e. The van der Waals surface area contributed by atoms with Crippen molar-refractivity contribution in [1.29, 1.82) is 0 Å². The molecule has 1 aromatic carbocycles. The first-order chi connectivity index (χ1) is 15.4. The van der Waals surface area contributed by atoms with E-state index in [0.29, 0.717) is 47.6 Å². The van der Waals surface area contributed by atoms with Gasteiger partial charge in [0.15, 0.2) is 11.3 Å². The Kier molecular flexibility index (Phi) is 4.66. The highest BCUT2D eigenvalue weighted by molar-refractivity contribution is 5.95. The first-order valence-electron chi connectivity index (χ1n) is 10.7. The number of pyridine rings is 2. The van der Waals surface area contributed by atoms with Gasteiger partial charge in [0.1, 0.15) is 6.61 Å². The zero-order valence-electron chi connectivity index (χ0n) is 17.8. The second-order valence-corrected chi connectivity index (χ2v) is 8.67. The Morgan fingerprint density at radius 3 is 2.85 bits per heavy atom. The lowest BCUT2D eigenvalue weighted by Gasteiger charge is -2.31. The predicted molar refractivity (Wildman–Crippen MR) is 123 cm³/mol. The van der Waals surface area contributed by atoms with Gasteiger partial charge in [-0.05, 0) is 47.9 Å². The highest BCUT2D eigenvalue weighted by Crippen LogP contribution is 2.46. The maximum absolute atomic E-state index is 13.4. The number of fused-ring (bicyclic) bond motifs is 5. The molecule has 0 saturated heterocycles. The first-order valence-corrected chi connectivity index (χ1v) is 10.7. The Morgan fingerprint density at radius 1 is 1.33 bits per heavy atom. The molecule has 0 spiro atoms. The monoisotopic (exact) mass is 464 g/mol. The third-order valence-corrected chi connectivity index (χ3v) is 7.18. The molecule has 6 rings (SSSR count). The summed E-state index contributed by atoms with van der Waals surface area (Å²) < 4.78 is 6.76. The number of halogens is 1. The highest BCUT2D eigenvalue weighted by Gasteiger charge is 2.45. The molecular weight excluding hydrogens is 444 g/mol. The van der Waals surface area contributed by atoms with Crippen molar-refractivity contribution < 1.29 is 14.6 Å². The summed E-state index contributed by atoms with van der Waals surface area (Å²) in [6.45, 7) is 9.36. The SMILES string of the molecule is Cl.[C-]#[N+]c1ccc2nc3c(c4c2c1CCC4N)Cn1c-3cc2c(c1=O)COC(=O)[C@]2(O)CC. The van der Waals surface area contributed by atoms with E-state index in [9.17, 15) is 14.7 Å². The van der Waals surface area contributed by atoms with Crippen LogP contribution in [0.4, 0.5) is 5.69 Å². The van der Waals surface area contributed by atoms with Crippen LogP contribution in [0, 0.1) is 6.57 Å². The molecule has 1 aliphatic carbocycles. The number of cyclic esters (lactones) is 1. The van der Waals surface area contributed by atoms with E-state index < -0.39 is 11.6 Å². The maximum Gasteiger partial charge on any atom is 0.343 e. The van der Waals surface area contributed by atoms with Crippen LogP contribution in [0.25, 0.3) is 27.1 Å². The highest BCUT2D eigenvalue weighted by atomic mass is 35.5. The molecule has 0 amide bonds.